The first-order chi connectivity index (χ1) is 5.48. The molecule has 0 unspecified atom stereocenters. The van der Waals surface area contributed by atoms with Crippen LogP contribution in [0.3, 0.4) is 0 Å². The number of carbonyl (C=O) groups is 1. The summed E-state index contributed by atoms with van der Waals surface area (Å²) >= 11 is 5.67. The number of rotatable bonds is 5. The van der Waals surface area contributed by atoms with Crippen LogP contribution in [0.1, 0.15) is 26.7 Å². The number of aliphatic hydroxyl groups excluding tert-OH is 1. The van der Waals surface area contributed by atoms with Crippen LogP contribution >= 0.6 is 11.6 Å². The lowest BCUT2D eigenvalue weighted by molar-refractivity contribution is -0.146. The monoisotopic (exact) mass is 194 g/mol. The van der Waals surface area contributed by atoms with Gasteiger partial charge in [0, 0.05) is 6.61 Å². The molecule has 0 aromatic carbocycles. The van der Waals surface area contributed by atoms with Crippen LogP contribution in [0.15, 0.2) is 0 Å². The number of aliphatic hydroxyl groups is 1. The third kappa shape index (κ3) is 5.38. The largest absolute Gasteiger partial charge is 0.464 e. The lowest BCUT2D eigenvalue weighted by Gasteiger charge is -2.13. The first kappa shape index (κ1) is 11.7. The molecule has 4 heteroatoms. The second kappa shape index (κ2) is 5.38. The number of halogens is 1. The molecule has 0 radical (unpaired) electrons. The van der Waals surface area contributed by atoms with E-state index in [0.29, 0.717) is 19.4 Å². The van der Waals surface area contributed by atoms with Crippen LogP contribution in [0.2, 0.25) is 0 Å². The second-order valence-electron chi connectivity index (χ2n) is 3.04. The van der Waals surface area contributed by atoms with E-state index in [-0.39, 0.29) is 6.61 Å². The average Bonchev–Trinajstić information content (AvgIpc) is 1.96. The van der Waals surface area contributed by atoms with Gasteiger partial charge < -0.3 is 9.84 Å². The summed E-state index contributed by atoms with van der Waals surface area (Å²) in [5.74, 6) is -0.415. The summed E-state index contributed by atoms with van der Waals surface area (Å²) in [7, 11) is 0. The number of ether oxygens (including phenoxy) is 1. The molecular formula is C8H15ClO3. The molecule has 0 aliphatic rings. The Labute approximate surface area is 77.7 Å². The normalized spacial score (nSPS) is 11.3. The van der Waals surface area contributed by atoms with Crippen LogP contribution in [-0.4, -0.2) is 29.2 Å². The predicted molar refractivity (Wildman–Crippen MR) is 47.2 cm³/mol. The lowest BCUT2D eigenvalue weighted by Crippen LogP contribution is -2.27. The third-order valence-electron chi connectivity index (χ3n) is 1.27. The first-order valence-corrected chi connectivity index (χ1v) is 4.33. The predicted octanol–water partition coefficient (Wildman–Crippen LogP) is 1.32. The minimum Gasteiger partial charge on any atom is -0.464 e. The Balaban J connectivity index is 3.45. The van der Waals surface area contributed by atoms with Crippen molar-refractivity contribution in [2.24, 2.45) is 0 Å². The zero-order chi connectivity index (χ0) is 9.61. The minimum atomic E-state index is -0.945. The highest BCUT2D eigenvalue weighted by Crippen LogP contribution is 2.14. The maximum absolute atomic E-state index is 11.0. The number of unbranched alkanes of at least 4 members (excludes halogenated alkanes) is 1. The third-order valence-corrected chi connectivity index (χ3v) is 1.43. The molecule has 0 atom stereocenters. The molecule has 0 aromatic rings. The SMILES string of the molecule is CC(C)(Cl)C(=O)OCCCCO. The Morgan fingerprint density at radius 3 is 2.50 bits per heavy atom. The van der Waals surface area contributed by atoms with E-state index in [4.69, 9.17) is 21.4 Å². The highest BCUT2D eigenvalue weighted by molar-refractivity contribution is 6.33. The van der Waals surface area contributed by atoms with Gasteiger partial charge in [-0.3, -0.25) is 4.79 Å². The molecule has 72 valence electrons. The van der Waals surface area contributed by atoms with Gasteiger partial charge >= 0.3 is 5.97 Å². The number of hydrogen-bond acceptors (Lipinski definition) is 3. The molecule has 0 amide bonds. The van der Waals surface area contributed by atoms with E-state index in [1.807, 2.05) is 0 Å². The van der Waals surface area contributed by atoms with Crippen molar-refractivity contribution in [3.8, 4) is 0 Å². The quantitative estimate of drug-likeness (QED) is 0.408. The molecular weight excluding hydrogens is 180 g/mol. The molecule has 0 fully saturated rings. The van der Waals surface area contributed by atoms with E-state index in [2.05, 4.69) is 0 Å². The maximum Gasteiger partial charge on any atom is 0.326 e. The van der Waals surface area contributed by atoms with Crippen molar-refractivity contribution in [3.63, 3.8) is 0 Å². The smallest absolute Gasteiger partial charge is 0.326 e. The summed E-state index contributed by atoms with van der Waals surface area (Å²) in [4.78, 5) is 10.1. The number of esters is 1. The van der Waals surface area contributed by atoms with Gasteiger partial charge in [-0.25, -0.2) is 0 Å². The van der Waals surface area contributed by atoms with Crippen LogP contribution < -0.4 is 0 Å². The lowest BCUT2D eigenvalue weighted by atomic mass is 10.2. The van der Waals surface area contributed by atoms with Gasteiger partial charge in [-0.05, 0) is 26.7 Å². The Morgan fingerprint density at radius 1 is 1.50 bits per heavy atom. The van der Waals surface area contributed by atoms with Crippen molar-refractivity contribution < 1.29 is 14.6 Å². The van der Waals surface area contributed by atoms with Gasteiger partial charge in [0.15, 0.2) is 0 Å². The van der Waals surface area contributed by atoms with Crippen molar-refractivity contribution in [1.29, 1.82) is 0 Å². The molecule has 0 rings (SSSR count). The van der Waals surface area contributed by atoms with Crippen molar-refractivity contribution >= 4 is 17.6 Å². The Hall–Kier alpha value is -0.280. The van der Waals surface area contributed by atoms with Crippen molar-refractivity contribution in [2.45, 2.75) is 31.6 Å². The van der Waals surface area contributed by atoms with Gasteiger partial charge in [0.1, 0.15) is 4.87 Å². The van der Waals surface area contributed by atoms with Crippen LogP contribution in [0, 0.1) is 0 Å². The molecule has 1 N–H and O–H groups in total. The average molecular weight is 195 g/mol. The fraction of sp³-hybridized carbons (Fsp3) is 0.875. The van der Waals surface area contributed by atoms with E-state index in [0.717, 1.165) is 0 Å². The van der Waals surface area contributed by atoms with Crippen molar-refractivity contribution in [1.82, 2.24) is 0 Å². The molecule has 12 heavy (non-hydrogen) atoms. The van der Waals surface area contributed by atoms with E-state index in [9.17, 15) is 4.79 Å². The highest BCUT2D eigenvalue weighted by Gasteiger charge is 2.25. The van der Waals surface area contributed by atoms with Gasteiger partial charge in [0.25, 0.3) is 0 Å². The van der Waals surface area contributed by atoms with Gasteiger partial charge in [0.2, 0.25) is 0 Å². The Kier molecular flexibility index (Phi) is 5.25. The van der Waals surface area contributed by atoms with Crippen molar-refractivity contribution in [3.05, 3.63) is 0 Å². The van der Waals surface area contributed by atoms with Crippen molar-refractivity contribution in [2.75, 3.05) is 13.2 Å². The number of alkyl halides is 1. The molecule has 0 spiro atoms. The minimum absolute atomic E-state index is 0.127. The van der Waals surface area contributed by atoms with Crippen LogP contribution in [0.5, 0.6) is 0 Å². The second-order valence-corrected chi connectivity index (χ2v) is 3.98. The fourth-order valence-electron chi connectivity index (χ4n) is 0.550. The molecule has 0 aliphatic carbocycles. The molecule has 0 saturated heterocycles. The molecule has 0 heterocycles. The number of carbonyl (C=O) groups excluding carboxylic acids is 1. The van der Waals surface area contributed by atoms with Gasteiger partial charge in [-0.15, -0.1) is 11.6 Å². The van der Waals surface area contributed by atoms with Crippen LogP contribution in [-0.2, 0) is 9.53 Å². The zero-order valence-electron chi connectivity index (χ0n) is 7.47. The summed E-state index contributed by atoms with van der Waals surface area (Å²) in [6.07, 6.45) is 1.32. The topological polar surface area (TPSA) is 46.5 Å². The molecule has 0 aliphatic heterocycles. The summed E-state index contributed by atoms with van der Waals surface area (Å²) in [5, 5.41) is 8.42. The van der Waals surface area contributed by atoms with E-state index in [1.165, 1.54) is 0 Å². The van der Waals surface area contributed by atoms with Gasteiger partial charge in [-0.1, -0.05) is 0 Å². The Morgan fingerprint density at radius 2 is 2.08 bits per heavy atom. The van der Waals surface area contributed by atoms with E-state index in [1.54, 1.807) is 13.8 Å². The molecule has 0 aromatic heterocycles. The first-order valence-electron chi connectivity index (χ1n) is 3.95. The van der Waals surface area contributed by atoms with Gasteiger partial charge in [0.05, 0.1) is 6.61 Å². The van der Waals surface area contributed by atoms with E-state index < -0.39 is 10.8 Å². The summed E-state index contributed by atoms with van der Waals surface area (Å²) in [6, 6.07) is 0. The van der Waals surface area contributed by atoms with Crippen LogP contribution in [0.25, 0.3) is 0 Å². The summed E-state index contributed by atoms with van der Waals surface area (Å²) < 4.78 is 4.83. The molecule has 0 bridgehead atoms. The molecule has 3 nitrogen and oxygen atoms in total. The number of hydrogen-bond donors (Lipinski definition) is 1. The van der Waals surface area contributed by atoms with E-state index >= 15 is 0 Å². The Bertz CT molecular complexity index is 140. The molecule has 0 saturated carbocycles. The highest BCUT2D eigenvalue weighted by atomic mass is 35.5. The summed E-state index contributed by atoms with van der Waals surface area (Å²) in [5.41, 5.74) is 0. The summed E-state index contributed by atoms with van der Waals surface area (Å²) in [6.45, 7) is 3.63. The van der Waals surface area contributed by atoms with Gasteiger partial charge in [-0.2, -0.15) is 0 Å². The standard InChI is InChI=1S/C8H15ClO3/c1-8(2,9)7(11)12-6-4-3-5-10/h10H,3-6H2,1-2H3. The van der Waals surface area contributed by atoms with Crippen LogP contribution in [0.4, 0.5) is 0 Å². The zero-order valence-corrected chi connectivity index (χ0v) is 8.23. The fourth-order valence-corrected chi connectivity index (χ4v) is 0.605. The maximum atomic E-state index is 11.0.